The van der Waals surface area contributed by atoms with Crippen LogP contribution in [-0.2, 0) is 18.4 Å². The van der Waals surface area contributed by atoms with Crippen molar-refractivity contribution in [2.24, 2.45) is 7.05 Å². The number of hydrogen-bond donors (Lipinski definition) is 0. The smallest absolute Gasteiger partial charge is 0.247 e. The minimum atomic E-state index is -0.265. The molecule has 1 fully saturated rings. The van der Waals surface area contributed by atoms with E-state index in [1.165, 1.54) is 6.07 Å². The molecule has 1 saturated carbocycles. The van der Waals surface area contributed by atoms with Crippen molar-refractivity contribution in [2.75, 3.05) is 0 Å². The highest BCUT2D eigenvalue weighted by atomic mass is 19.1. The summed E-state index contributed by atoms with van der Waals surface area (Å²) in [6.07, 6.45) is 5.37. The van der Waals surface area contributed by atoms with Crippen LogP contribution in [0.4, 0.5) is 4.39 Å². The number of aryl methyl sites for hydroxylation is 2. The predicted octanol–water partition coefficient (Wildman–Crippen LogP) is 3.38. The summed E-state index contributed by atoms with van der Waals surface area (Å²) in [5.74, 6) is -0.345. The van der Waals surface area contributed by atoms with Crippen molar-refractivity contribution in [1.82, 2.24) is 14.7 Å². The number of rotatable bonds is 5. The zero-order valence-corrected chi connectivity index (χ0v) is 14.3. The second kappa shape index (κ2) is 6.59. The van der Waals surface area contributed by atoms with Crippen LogP contribution in [0.15, 0.2) is 30.3 Å². The third-order valence-electron chi connectivity index (χ3n) is 4.53. The van der Waals surface area contributed by atoms with Gasteiger partial charge in [-0.2, -0.15) is 5.10 Å². The normalized spacial score (nSPS) is 14.3. The summed E-state index contributed by atoms with van der Waals surface area (Å²) < 4.78 is 15.7. The molecule has 1 aliphatic rings. The molecule has 0 radical (unpaired) electrons. The zero-order valence-electron chi connectivity index (χ0n) is 14.3. The van der Waals surface area contributed by atoms with Crippen LogP contribution in [0.5, 0.6) is 0 Å². The molecule has 3 rings (SSSR count). The Bertz CT molecular complexity index is 790. The van der Waals surface area contributed by atoms with Crippen molar-refractivity contribution >= 4 is 12.0 Å². The Morgan fingerprint density at radius 1 is 1.38 bits per heavy atom. The molecule has 0 bridgehead atoms. The highest BCUT2D eigenvalue weighted by Gasteiger charge is 2.32. The molecule has 126 valence electrons. The SMILES string of the molecule is Cc1nn(C)c(C)c1C=CC(=O)N(Cc1ccccc1F)C1CC1. The topological polar surface area (TPSA) is 38.1 Å². The summed E-state index contributed by atoms with van der Waals surface area (Å²) in [7, 11) is 1.89. The van der Waals surface area contributed by atoms with Gasteiger partial charge in [-0.15, -0.1) is 0 Å². The molecule has 1 heterocycles. The van der Waals surface area contributed by atoms with Gasteiger partial charge in [-0.1, -0.05) is 18.2 Å². The lowest BCUT2D eigenvalue weighted by Crippen LogP contribution is -2.31. The molecule has 2 aromatic rings. The summed E-state index contributed by atoms with van der Waals surface area (Å²) in [6, 6.07) is 6.85. The van der Waals surface area contributed by atoms with Crippen molar-refractivity contribution in [1.29, 1.82) is 0 Å². The Labute approximate surface area is 141 Å². The van der Waals surface area contributed by atoms with E-state index in [1.54, 1.807) is 33.9 Å². The van der Waals surface area contributed by atoms with E-state index in [4.69, 9.17) is 0 Å². The van der Waals surface area contributed by atoms with Gasteiger partial charge in [-0.25, -0.2) is 4.39 Å². The summed E-state index contributed by atoms with van der Waals surface area (Å²) in [4.78, 5) is 14.4. The van der Waals surface area contributed by atoms with Gasteiger partial charge >= 0.3 is 0 Å². The Kier molecular flexibility index (Phi) is 4.51. The summed E-state index contributed by atoms with van der Waals surface area (Å²) in [6.45, 7) is 4.21. The second-order valence-corrected chi connectivity index (χ2v) is 6.33. The van der Waals surface area contributed by atoms with Crippen LogP contribution in [0.25, 0.3) is 6.08 Å². The maximum atomic E-state index is 13.9. The van der Waals surface area contributed by atoms with Gasteiger partial charge in [0.25, 0.3) is 0 Å². The van der Waals surface area contributed by atoms with Crippen molar-refractivity contribution in [2.45, 2.75) is 39.3 Å². The summed E-state index contributed by atoms with van der Waals surface area (Å²) in [5, 5.41) is 4.35. The fraction of sp³-hybridized carbons (Fsp3) is 0.368. The fourth-order valence-electron chi connectivity index (χ4n) is 2.86. The zero-order chi connectivity index (χ0) is 17.3. The molecule has 0 atom stereocenters. The number of carbonyl (C=O) groups excluding carboxylic acids is 1. The molecule has 0 N–H and O–H groups in total. The third-order valence-corrected chi connectivity index (χ3v) is 4.53. The second-order valence-electron chi connectivity index (χ2n) is 6.33. The predicted molar refractivity (Wildman–Crippen MR) is 91.7 cm³/mol. The number of carbonyl (C=O) groups is 1. The lowest BCUT2D eigenvalue weighted by molar-refractivity contribution is -0.127. The van der Waals surface area contributed by atoms with Crippen molar-refractivity contribution in [3.05, 3.63) is 58.7 Å². The number of aromatic nitrogens is 2. The van der Waals surface area contributed by atoms with E-state index in [0.717, 1.165) is 29.8 Å². The minimum Gasteiger partial charge on any atom is -0.332 e. The van der Waals surface area contributed by atoms with Gasteiger partial charge in [0.1, 0.15) is 5.82 Å². The molecule has 0 spiro atoms. The largest absolute Gasteiger partial charge is 0.332 e. The van der Waals surface area contributed by atoms with Gasteiger partial charge in [0, 0.05) is 42.5 Å². The summed E-state index contributed by atoms with van der Waals surface area (Å²) >= 11 is 0. The molecule has 24 heavy (non-hydrogen) atoms. The molecule has 5 heteroatoms. The standard InChI is InChI=1S/C19H22FN3O/c1-13-17(14(2)22(3)21-13)10-11-19(24)23(16-8-9-16)12-15-6-4-5-7-18(15)20/h4-7,10-11,16H,8-9,12H2,1-3H3. The van der Waals surface area contributed by atoms with Crippen LogP contribution in [0.1, 0.15) is 35.4 Å². The number of nitrogens with zero attached hydrogens (tertiary/aromatic N) is 3. The number of halogens is 1. The molecule has 1 aliphatic carbocycles. The third kappa shape index (κ3) is 3.40. The van der Waals surface area contributed by atoms with E-state index in [1.807, 2.05) is 27.0 Å². The van der Waals surface area contributed by atoms with E-state index >= 15 is 0 Å². The number of benzene rings is 1. The van der Waals surface area contributed by atoms with Gasteiger partial charge in [-0.05, 0) is 38.8 Å². The van der Waals surface area contributed by atoms with E-state index < -0.39 is 0 Å². The first-order valence-corrected chi connectivity index (χ1v) is 8.19. The lowest BCUT2D eigenvalue weighted by Gasteiger charge is -2.21. The molecule has 4 nitrogen and oxygen atoms in total. The van der Waals surface area contributed by atoms with E-state index in [2.05, 4.69) is 5.10 Å². The van der Waals surface area contributed by atoms with E-state index in [0.29, 0.717) is 12.1 Å². The number of hydrogen-bond acceptors (Lipinski definition) is 2. The van der Waals surface area contributed by atoms with Crippen LogP contribution in [0.3, 0.4) is 0 Å². The van der Waals surface area contributed by atoms with Crippen molar-refractivity contribution in [3.63, 3.8) is 0 Å². The van der Waals surface area contributed by atoms with Crippen molar-refractivity contribution in [3.8, 4) is 0 Å². The molecule has 0 saturated heterocycles. The molecule has 1 aromatic heterocycles. The Balaban J connectivity index is 1.78. The molecule has 0 aliphatic heterocycles. The maximum absolute atomic E-state index is 13.9. The van der Waals surface area contributed by atoms with Gasteiger partial charge in [0.05, 0.1) is 5.69 Å². The quantitative estimate of drug-likeness (QED) is 0.790. The maximum Gasteiger partial charge on any atom is 0.247 e. The lowest BCUT2D eigenvalue weighted by atomic mass is 10.1. The van der Waals surface area contributed by atoms with Gasteiger partial charge < -0.3 is 4.90 Å². The minimum absolute atomic E-state index is 0.0802. The fourth-order valence-corrected chi connectivity index (χ4v) is 2.86. The Morgan fingerprint density at radius 2 is 2.08 bits per heavy atom. The highest BCUT2D eigenvalue weighted by molar-refractivity contribution is 5.92. The van der Waals surface area contributed by atoms with Crippen LogP contribution >= 0.6 is 0 Å². The molecular formula is C19H22FN3O. The van der Waals surface area contributed by atoms with Crippen LogP contribution < -0.4 is 0 Å². The van der Waals surface area contributed by atoms with E-state index in [9.17, 15) is 9.18 Å². The average molecular weight is 327 g/mol. The van der Waals surface area contributed by atoms with Gasteiger partial charge in [-0.3, -0.25) is 9.48 Å². The van der Waals surface area contributed by atoms with Gasteiger partial charge in [0.2, 0.25) is 5.91 Å². The van der Waals surface area contributed by atoms with Crippen molar-refractivity contribution < 1.29 is 9.18 Å². The molecule has 1 aromatic carbocycles. The molecule has 0 unspecified atom stereocenters. The first kappa shape index (κ1) is 16.4. The average Bonchev–Trinajstić information content (AvgIpc) is 3.34. The highest BCUT2D eigenvalue weighted by Crippen LogP contribution is 2.29. The number of amides is 1. The van der Waals surface area contributed by atoms with Gasteiger partial charge in [0.15, 0.2) is 0 Å². The van der Waals surface area contributed by atoms with Crippen LogP contribution in [0, 0.1) is 19.7 Å². The van der Waals surface area contributed by atoms with Crippen LogP contribution in [0.2, 0.25) is 0 Å². The van der Waals surface area contributed by atoms with Crippen LogP contribution in [-0.4, -0.2) is 26.6 Å². The van der Waals surface area contributed by atoms with E-state index in [-0.39, 0.29) is 17.8 Å². The Hall–Kier alpha value is -2.43. The molecule has 1 amide bonds. The summed E-state index contributed by atoms with van der Waals surface area (Å²) in [5.41, 5.74) is 3.43. The molecular weight excluding hydrogens is 305 g/mol. The Morgan fingerprint density at radius 3 is 2.67 bits per heavy atom. The first-order valence-electron chi connectivity index (χ1n) is 8.19. The monoisotopic (exact) mass is 327 g/mol. The first-order chi connectivity index (χ1) is 11.5.